The largest absolute Gasteiger partial charge is 0.432 e. The van der Waals surface area contributed by atoms with Crippen molar-refractivity contribution >= 4 is 15.2 Å². The molecule has 0 aromatic carbocycles. The first kappa shape index (κ1) is 14.0. The Morgan fingerprint density at radius 3 is 2.60 bits per heavy atom. The van der Waals surface area contributed by atoms with E-state index in [1.54, 1.807) is 0 Å². The van der Waals surface area contributed by atoms with Crippen LogP contribution < -0.4 is 0 Å². The van der Waals surface area contributed by atoms with E-state index >= 15 is 0 Å². The van der Waals surface area contributed by atoms with Crippen LogP contribution in [0.25, 0.3) is 0 Å². The molecule has 86 valence electrons. The Hall–Kier alpha value is -0.960. The highest BCUT2D eigenvalue weighted by Crippen LogP contribution is 2.00. The fraction of sp³-hybridized carbons (Fsp3) is 0.667. The molecule has 15 heavy (non-hydrogen) atoms. The molecule has 0 aliphatic heterocycles. The van der Waals surface area contributed by atoms with Crippen molar-refractivity contribution in [2.24, 2.45) is 0 Å². The van der Waals surface area contributed by atoms with E-state index in [4.69, 9.17) is 0 Å². The molecule has 1 rings (SSSR count). The van der Waals surface area contributed by atoms with E-state index in [9.17, 15) is 10.1 Å². The van der Waals surface area contributed by atoms with Crippen LogP contribution in [-0.2, 0) is 0 Å². The van der Waals surface area contributed by atoms with Gasteiger partial charge in [-0.2, -0.15) is 0 Å². The standard InChI is InChI=1S/C6H15P.C3H3N3O2/c1-2-3-4-5-6-7;7-6(8)3-4-1-2-5-3/h2-7H2,1H3;1-2H,(H,4,5). The second-order valence-corrected chi connectivity index (χ2v) is 3.60. The first-order valence-corrected chi connectivity index (χ1v) is 5.87. The summed E-state index contributed by atoms with van der Waals surface area (Å²) in [5, 5.41) is 9.77. The van der Waals surface area contributed by atoms with E-state index in [0.29, 0.717) is 0 Å². The lowest BCUT2D eigenvalue weighted by Crippen LogP contribution is -1.88. The second-order valence-electron chi connectivity index (χ2n) is 3.02. The zero-order valence-corrected chi connectivity index (χ0v) is 10.1. The molecule has 0 bridgehead atoms. The van der Waals surface area contributed by atoms with Gasteiger partial charge in [-0.25, -0.2) is 4.98 Å². The lowest BCUT2D eigenvalue weighted by atomic mass is 10.2. The highest BCUT2D eigenvalue weighted by atomic mass is 31.0. The smallest absolute Gasteiger partial charge is 0.390 e. The average Bonchev–Trinajstić information content (AvgIpc) is 2.72. The van der Waals surface area contributed by atoms with Crippen molar-refractivity contribution < 1.29 is 4.92 Å². The number of rotatable bonds is 5. The van der Waals surface area contributed by atoms with Gasteiger partial charge in [-0.15, -0.1) is 9.24 Å². The van der Waals surface area contributed by atoms with Gasteiger partial charge in [-0.05, 0) is 17.5 Å². The summed E-state index contributed by atoms with van der Waals surface area (Å²) >= 11 is 0. The molecule has 1 heterocycles. The molecule has 0 aliphatic rings. The van der Waals surface area contributed by atoms with Crippen LogP contribution in [0, 0.1) is 10.1 Å². The summed E-state index contributed by atoms with van der Waals surface area (Å²) in [5.41, 5.74) is 0. The van der Waals surface area contributed by atoms with Crippen molar-refractivity contribution in [2.75, 3.05) is 6.16 Å². The van der Waals surface area contributed by atoms with Crippen molar-refractivity contribution in [3.8, 4) is 0 Å². The number of unbranched alkanes of at least 4 members (excludes halogenated alkanes) is 3. The predicted molar refractivity (Wildman–Crippen MR) is 64.0 cm³/mol. The summed E-state index contributed by atoms with van der Waals surface area (Å²) in [6.07, 6.45) is 9.58. The molecule has 1 N–H and O–H groups in total. The topological polar surface area (TPSA) is 71.8 Å². The minimum absolute atomic E-state index is 0.218. The summed E-state index contributed by atoms with van der Waals surface area (Å²) < 4.78 is 0. The first-order valence-electron chi connectivity index (χ1n) is 5.06. The molecule has 6 heteroatoms. The third-order valence-corrected chi connectivity index (χ3v) is 2.12. The lowest BCUT2D eigenvalue weighted by Gasteiger charge is -1.90. The molecule has 5 nitrogen and oxygen atoms in total. The normalized spacial score (nSPS) is 9.20. The third kappa shape index (κ3) is 8.06. The number of imidazole rings is 1. The van der Waals surface area contributed by atoms with Gasteiger partial charge in [0.05, 0.1) is 6.20 Å². The maximum Gasteiger partial charge on any atom is 0.432 e. The molecule has 0 saturated carbocycles. The van der Waals surface area contributed by atoms with Crippen molar-refractivity contribution in [3.63, 3.8) is 0 Å². The Morgan fingerprint density at radius 1 is 1.53 bits per heavy atom. The number of nitrogens with one attached hydrogen (secondary N) is 1. The molecule has 1 atom stereocenters. The fourth-order valence-electron chi connectivity index (χ4n) is 0.928. The monoisotopic (exact) mass is 231 g/mol. The Morgan fingerprint density at radius 2 is 2.27 bits per heavy atom. The van der Waals surface area contributed by atoms with Gasteiger partial charge in [-0.3, -0.25) is 0 Å². The second kappa shape index (κ2) is 9.59. The highest BCUT2D eigenvalue weighted by Gasteiger charge is 2.01. The molecule has 1 unspecified atom stereocenters. The Bertz CT molecular complexity index is 248. The van der Waals surface area contributed by atoms with Crippen molar-refractivity contribution in [3.05, 3.63) is 22.5 Å². The van der Waals surface area contributed by atoms with Gasteiger partial charge < -0.3 is 10.1 Å². The number of nitrogens with zero attached hydrogens (tertiary/aromatic N) is 2. The number of nitro groups is 1. The van der Waals surface area contributed by atoms with Crippen LogP contribution >= 0.6 is 9.24 Å². The number of H-pyrrole nitrogens is 1. The number of hydrogen-bond acceptors (Lipinski definition) is 3. The summed E-state index contributed by atoms with van der Waals surface area (Å²) in [7, 11) is 2.75. The van der Waals surface area contributed by atoms with E-state index in [0.717, 1.165) is 0 Å². The van der Waals surface area contributed by atoms with Gasteiger partial charge in [-0.1, -0.05) is 31.2 Å². The van der Waals surface area contributed by atoms with Crippen LogP contribution in [0.3, 0.4) is 0 Å². The average molecular weight is 231 g/mol. The van der Waals surface area contributed by atoms with Gasteiger partial charge in [0.2, 0.25) is 0 Å². The Balaban J connectivity index is 0.000000265. The van der Waals surface area contributed by atoms with E-state index < -0.39 is 4.92 Å². The minimum atomic E-state index is -0.583. The maximum atomic E-state index is 9.77. The fourth-order valence-corrected chi connectivity index (χ4v) is 1.22. The zero-order chi connectivity index (χ0) is 11.5. The Labute approximate surface area is 92.0 Å². The highest BCUT2D eigenvalue weighted by molar-refractivity contribution is 7.16. The lowest BCUT2D eigenvalue weighted by molar-refractivity contribution is -0.393. The number of aromatic nitrogens is 2. The molecule has 0 spiro atoms. The zero-order valence-electron chi connectivity index (χ0n) is 8.98. The van der Waals surface area contributed by atoms with Gasteiger partial charge in [0.25, 0.3) is 0 Å². The molecule has 0 saturated heterocycles. The van der Waals surface area contributed by atoms with Crippen molar-refractivity contribution in [1.82, 2.24) is 9.97 Å². The van der Waals surface area contributed by atoms with Crippen molar-refractivity contribution in [1.29, 1.82) is 0 Å². The van der Waals surface area contributed by atoms with E-state index in [2.05, 4.69) is 26.1 Å². The SMILES string of the molecule is CCCCCCP.O=[N+]([O-])c1ncc[nH]1. The van der Waals surface area contributed by atoms with Crippen LogP contribution in [0.4, 0.5) is 5.95 Å². The summed E-state index contributed by atoms with van der Waals surface area (Å²) in [5.74, 6) is -0.218. The van der Waals surface area contributed by atoms with E-state index in [1.165, 1.54) is 44.2 Å². The maximum absolute atomic E-state index is 9.77. The van der Waals surface area contributed by atoms with Crippen molar-refractivity contribution in [2.45, 2.75) is 32.6 Å². The summed E-state index contributed by atoms with van der Waals surface area (Å²) in [6.45, 7) is 2.24. The van der Waals surface area contributed by atoms with Gasteiger partial charge >= 0.3 is 5.95 Å². The summed E-state index contributed by atoms with van der Waals surface area (Å²) in [4.78, 5) is 14.9. The van der Waals surface area contributed by atoms with E-state index in [-0.39, 0.29) is 5.95 Å². The summed E-state index contributed by atoms with van der Waals surface area (Å²) in [6, 6.07) is 0. The molecule has 0 amide bonds. The van der Waals surface area contributed by atoms with E-state index in [1.807, 2.05) is 0 Å². The van der Waals surface area contributed by atoms with Crippen LogP contribution in [0.1, 0.15) is 32.6 Å². The molecule has 1 aromatic heterocycles. The van der Waals surface area contributed by atoms with Crippen LogP contribution in [0.2, 0.25) is 0 Å². The molecular weight excluding hydrogens is 213 g/mol. The molecule has 1 aromatic rings. The van der Waals surface area contributed by atoms with Crippen LogP contribution in [0.15, 0.2) is 12.4 Å². The quantitative estimate of drug-likeness (QED) is 0.366. The first-order chi connectivity index (χ1) is 7.22. The Kier molecular flexibility index (Phi) is 8.98. The van der Waals surface area contributed by atoms with Gasteiger partial charge in [0.1, 0.15) is 6.20 Å². The number of aromatic amines is 1. The van der Waals surface area contributed by atoms with Gasteiger partial charge in [0, 0.05) is 0 Å². The predicted octanol–water partition coefficient (Wildman–Crippen LogP) is 2.76. The minimum Gasteiger partial charge on any atom is -0.390 e. The molecule has 0 fully saturated rings. The molecular formula is C9H18N3O2P. The third-order valence-electron chi connectivity index (χ3n) is 1.71. The van der Waals surface area contributed by atoms with Crippen LogP contribution in [-0.4, -0.2) is 21.1 Å². The van der Waals surface area contributed by atoms with Gasteiger partial charge in [0.15, 0.2) is 0 Å². The molecule has 0 radical (unpaired) electrons. The molecule has 0 aliphatic carbocycles. The van der Waals surface area contributed by atoms with Crippen LogP contribution in [0.5, 0.6) is 0 Å². The number of hydrogen-bond donors (Lipinski definition) is 1.